The number of urea groups is 1. The highest BCUT2D eigenvalue weighted by molar-refractivity contribution is 6.30. The fraction of sp³-hybridized carbons (Fsp3) is 0.406. The highest BCUT2D eigenvalue weighted by Gasteiger charge is 2.47. The van der Waals surface area contributed by atoms with Crippen molar-refractivity contribution in [2.24, 2.45) is 0 Å². The first-order chi connectivity index (χ1) is 22.4. The SMILES string of the molecule is CCOc1ncccc1-c1ccc(N2C[C@H]3CN(c4ccc(Cl)cc4C(F)(F)F)C(=O)N3C[C@H]2CC)c(C(=O)N[C@@H](C)C(=O)NC)n1. The summed E-state index contributed by atoms with van der Waals surface area (Å²) < 4.78 is 47.6. The Hall–Kier alpha value is -4.59. The molecule has 11 nitrogen and oxygen atoms in total. The zero-order valence-corrected chi connectivity index (χ0v) is 27.0. The van der Waals surface area contributed by atoms with Gasteiger partial charge in [-0.15, -0.1) is 0 Å². The summed E-state index contributed by atoms with van der Waals surface area (Å²) in [5.74, 6) is -0.658. The molecule has 2 aromatic heterocycles. The topological polar surface area (TPSA) is 120 Å². The largest absolute Gasteiger partial charge is 0.477 e. The summed E-state index contributed by atoms with van der Waals surface area (Å²) >= 11 is 5.89. The molecule has 3 atom stereocenters. The minimum Gasteiger partial charge on any atom is -0.477 e. The number of ether oxygens (including phenoxy) is 1. The minimum absolute atomic E-state index is 0.00930. The van der Waals surface area contributed by atoms with E-state index in [9.17, 15) is 27.6 Å². The zero-order valence-electron chi connectivity index (χ0n) is 26.3. The number of amides is 4. The van der Waals surface area contributed by atoms with Crippen LogP contribution in [0.5, 0.6) is 5.88 Å². The number of hydrogen-bond donors (Lipinski definition) is 2. The molecular formula is C32H35ClF3N7O4. The number of nitrogens with one attached hydrogen (secondary N) is 2. The van der Waals surface area contributed by atoms with Gasteiger partial charge in [0.15, 0.2) is 5.69 Å². The van der Waals surface area contributed by atoms with E-state index in [1.807, 2.05) is 18.7 Å². The Balaban J connectivity index is 1.53. The van der Waals surface area contributed by atoms with Crippen LogP contribution in [-0.4, -0.2) is 84.1 Å². The van der Waals surface area contributed by atoms with E-state index in [0.29, 0.717) is 35.9 Å². The number of piperazine rings is 1. The molecule has 0 spiro atoms. The van der Waals surface area contributed by atoms with Crippen molar-refractivity contribution in [3.63, 3.8) is 0 Å². The Morgan fingerprint density at radius 3 is 2.51 bits per heavy atom. The first kappa shape index (κ1) is 33.8. The van der Waals surface area contributed by atoms with Crippen LogP contribution in [0.1, 0.15) is 43.2 Å². The number of benzene rings is 1. The maximum absolute atomic E-state index is 14.0. The van der Waals surface area contributed by atoms with E-state index in [0.717, 1.165) is 11.0 Å². The summed E-state index contributed by atoms with van der Waals surface area (Å²) in [5, 5.41) is 5.13. The van der Waals surface area contributed by atoms with Gasteiger partial charge in [0.2, 0.25) is 11.8 Å². The van der Waals surface area contributed by atoms with Crippen molar-refractivity contribution in [1.29, 1.82) is 0 Å². The molecule has 0 aliphatic carbocycles. The zero-order chi connectivity index (χ0) is 34.0. The van der Waals surface area contributed by atoms with Crippen molar-refractivity contribution in [1.82, 2.24) is 25.5 Å². The predicted octanol–water partition coefficient (Wildman–Crippen LogP) is 4.99. The molecule has 1 aromatic carbocycles. The van der Waals surface area contributed by atoms with Crippen molar-refractivity contribution in [3.05, 3.63) is 64.9 Å². The third-order valence-corrected chi connectivity index (χ3v) is 8.54. The number of hydrogen-bond acceptors (Lipinski definition) is 7. The van der Waals surface area contributed by atoms with E-state index in [1.54, 1.807) is 42.3 Å². The van der Waals surface area contributed by atoms with Gasteiger partial charge in [-0.2, -0.15) is 13.2 Å². The number of alkyl halides is 3. The van der Waals surface area contributed by atoms with E-state index in [2.05, 4.69) is 15.6 Å². The maximum Gasteiger partial charge on any atom is 0.418 e. The fourth-order valence-corrected chi connectivity index (χ4v) is 6.16. The van der Waals surface area contributed by atoms with Crippen LogP contribution >= 0.6 is 11.6 Å². The number of rotatable bonds is 9. The molecule has 0 unspecified atom stereocenters. The Morgan fingerprint density at radius 2 is 1.83 bits per heavy atom. The van der Waals surface area contributed by atoms with Crippen LogP contribution in [0, 0.1) is 0 Å². The monoisotopic (exact) mass is 673 g/mol. The predicted molar refractivity (Wildman–Crippen MR) is 171 cm³/mol. The summed E-state index contributed by atoms with van der Waals surface area (Å²) in [6.07, 6.45) is -2.58. The van der Waals surface area contributed by atoms with E-state index in [-0.39, 0.29) is 42.1 Å². The standard InChI is InChI=1S/C32H35ClF3N7O4/c1-5-20-15-42-21(17-43(31(42)46)25-11-9-19(33)14-23(25)32(34,35)36)16-41(20)26-12-10-24(22-8-7-13-38-30(22)47-6-2)40-27(26)29(45)39-18(3)28(44)37-4/h7-14,18,20-21H,5-6,15-17H2,1-4H3,(H,37,44)(H,39,45)/t18-,20+,21-/m0/s1. The van der Waals surface area contributed by atoms with Crippen molar-refractivity contribution in [2.45, 2.75) is 51.5 Å². The molecular weight excluding hydrogens is 639 g/mol. The highest BCUT2D eigenvalue weighted by Crippen LogP contribution is 2.41. The van der Waals surface area contributed by atoms with Crippen LogP contribution in [-0.2, 0) is 11.0 Å². The van der Waals surface area contributed by atoms with Gasteiger partial charge >= 0.3 is 12.2 Å². The van der Waals surface area contributed by atoms with Crippen molar-refractivity contribution in [3.8, 4) is 17.1 Å². The number of halogens is 4. The number of carbonyl (C=O) groups excluding carboxylic acids is 3. The lowest BCUT2D eigenvalue weighted by Gasteiger charge is -2.44. The highest BCUT2D eigenvalue weighted by atomic mass is 35.5. The maximum atomic E-state index is 14.0. The first-order valence-electron chi connectivity index (χ1n) is 15.2. The van der Waals surface area contributed by atoms with Crippen molar-refractivity contribution in [2.75, 3.05) is 43.1 Å². The van der Waals surface area contributed by atoms with Crippen LogP contribution in [0.4, 0.5) is 29.3 Å². The number of likely N-dealkylation sites (N-methyl/N-ethyl adjacent to an activating group) is 1. The second kappa shape index (κ2) is 13.6. The molecule has 2 aliphatic rings. The molecule has 47 heavy (non-hydrogen) atoms. The Labute approximate surface area is 275 Å². The summed E-state index contributed by atoms with van der Waals surface area (Å²) in [5.41, 5.74) is 0.211. The van der Waals surface area contributed by atoms with Crippen LogP contribution in [0.25, 0.3) is 11.3 Å². The second-order valence-electron chi connectivity index (χ2n) is 11.2. The number of carbonyl (C=O) groups is 3. The first-order valence-corrected chi connectivity index (χ1v) is 15.6. The molecule has 2 saturated heterocycles. The summed E-state index contributed by atoms with van der Waals surface area (Å²) in [6, 6.07) is 8.14. The van der Waals surface area contributed by atoms with E-state index in [1.165, 1.54) is 19.2 Å². The number of pyridine rings is 2. The molecule has 15 heteroatoms. The molecule has 0 radical (unpaired) electrons. The Bertz CT molecular complexity index is 1670. The molecule has 3 aromatic rings. The van der Waals surface area contributed by atoms with Crippen molar-refractivity contribution >= 4 is 40.8 Å². The smallest absolute Gasteiger partial charge is 0.418 e. The molecule has 2 fully saturated rings. The molecule has 4 heterocycles. The van der Waals surface area contributed by atoms with Gasteiger partial charge in [-0.3, -0.25) is 14.5 Å². The number of anilines is 2. The lowest BCUT2D eigenvalue weighted by molar-refractivity contribution is -0.137. The Kier molecular flexibility index (Phi) is 9.80. The Morgan fingerprint density at radius 1 is 1.09 bits per heavy atom. The summed E-state index contributed by atoms with van der Waals surface area (Å²) in [7, 11) is 1.46. The molecule has 0 bridgehead atoms. The van der Waals surface area contributed by atoms with Gasteiger partial charge in [0.25, 0.3) is 5.91 Å². The van der Waals surface area contributed by atoms with Gasteiger partial charge < -0.3 is 25.2 Å². The van der Waals surface area contributed by atoms with Gasteiger partial charge in [0.05, 0.1) is 40.8 Å². The fourth-order valence-electron chi connectivity index (χ4n) is 5.99. The third kappa shape index (κ3) is 6.78. The average molecular weight is 674 g/mol. The van der Waals surface area contributed by atoms with Gasteiger partial charge in [-0.25, -0.2) is 14.8 Å². The average Bonchev–Trinajstić information content (AvgIpc) is 3.38. The molecule has 2 aliphatic heterocycles. The van der Waals surface area contributed by atoms with Crippen LogP contribution in [0.3, 0.4) is 0 Å². The summed E-state index contributed by atoms with van der Waals surface area (Å²) in [4.78, 5) is 53.4. The molecule has 4 amide bonds. The lowest BCUT2D eigenvalue weighted by Crippen LogP contribution is -2.58. The quantitative estimate of drug-likeness (QED) is 0.329. The normalized spacial score (nSPS) is 18.6. The lowest BCUT2D eigenvalue weighted by atomic mass is 10.0. The van der Waals surface area contributed by atoms with Crippen LogP contribution < -0.4 is 25.2 Å². The number of nitrogens with zero attached hydrogens (tertiary/aromatic N) is 5. The van der Waals surface area contributed by atoms with Gasteiger partial charge in [-0.05, 0) is 62.7 Å². The second-order valence-corrected chi connectivity index (χ2v) is 11.7. The van der Waals surface area contributed by atoms with E-state index < -0.39 is 41.7 Å². The van der Waals surface area contributed by atoms with E-state index >= 15 is 0 Å². The molecule has 0 saturated carbocycles. The number of aromatic nitrogens is 2. The molecule has 5 rings (SSSR count). The van der Waals surface area contributed by atoms with Gasteiger partial charge in [0.1, 0.15) is 6.04 Å². The van der Waals surface area contributed by atoms with Crippen LogP contribution in [0.15, 0.2) is 48.7 Å². The van der Waals surface area contributed by atoms with Gasteiger partial charge in [-0.1, -0.05) is 18.5 Å². The minimum atomic E-state index is -4.72. The summed E-state index contributed by atoms with van der Waals surface area (Å²) in [6.45, 7) is 6.08. The van der Waals surface area contributed by atoms with E-state index in [4.69, 9.17) is 21.3 Å². The van der Waals surface area contributed by atoms with Crippen molar-refractivity contribution < 1.29 is 32.3 Å². The molecule has 250 valence electrons. The third-order valence-electron chi connectivity index (χ3n) is 8.31. The van der Waals surface area contributed by atoms with Gasteiger partial charge in [0, 0.05) is 43.9 Å². The number of fused-ring (bicyclic) bond motifs is 1. The molecule has 2 N–H and O–H groups in total. The van der Waals surface area contributed by atoms with Crippen LogP contribution in [0.2, 0.25) is 5.02 Å².